The summed E-state index contributed by atoms with van der Waals surface area (Å²) < 4.78 is 5.12. The molecule has 0 fully saturated rings. The summed E-state index contributed by atoms with van der Waals surface area (Å²) in [6.07, 6.45) is 2.45. The molecule has 0 amide bonds. The molecule has 16 heavy (non-hydrogen) atoms. The maximum atomic E-state index is 5.12. The summed E-state index contributed by atoms with van der Waals surface area (Å²) in [4.78, 5) is 0. The van der Waals surface area contributed by atoms with Gasteiger partial charge in [-0.2, -0.15) is 0 Å². The molecule has 0 aliphatic heterocycles. The molecule has 0 radical (unpaired) electrons. The fourth-order valence-electron chi connectivity index (χ4n) is 2.47. The van der Waals surface area contributed by atoms with Crippen molar-refractivity contribution in [3.63, 3.8) is 0 Å². The van der Waals surface area contributed by atoms with Crippen LogP contribution >= 0.6 is 0 Å². The molecule has 2 nitrogen and oxygen atoms in total. The van der Waals surface area contributed by atoms with E-state index in [4.69, 9.17) is 4.74 Å². The van der Waals surface area contributed by atoms with Crippen LogP contribution in [0.25, 0.3) is 0 Å². The summed E-state index contributed by atoms with van der Waals surface area (Å²) >= 11 is 0. The van der Waals surface area contributed by atoms with Gasteiger partial charge in [0.1, 0.15) is 0 Å². The van der Waals surface area contributed by atoms with Crippen molar-refractivity contribution in [2.45, 2.75) is 25.8 Å². The van der Waals surface area contributed by atoms with Crippen LogP contribution in [0.4, 0.5) is 0 Å². The van der Waals surface area contributed by atoms with Crippen molar-refractivity contribution in [2.24, 2.45) is 5.92 Å². The van der Waals surface area contributed by atoms with Gasteiger partial charge in [0, 0.05) is 13.2 Å². The quantitative estimate of drug-likeness (QED) is 0.818. The highest BCUT2D eigenvalue weighted by atomic mass is 16.5. The SMILES string of the molecule is COCC(C)NCC1Cc2ccccc2C1. The summed E-state index contributed by atoms with van der Waals surface area (Å²) in [7, 11) is 1.75. The second-order valence-corrected chi connectivity index (χ2v) is 4.81. The fourth-order valence-corrected chi connectivity index (χ4v) is 2.47. The molecular weight excluding hydrogens is 198 g/mol. The van der Waals surface area contributed by atoms with Crippen LogP contribution < -0.4 is 5.32 Å². The van der Waals surface area contributed by atoms with Crippen LogP contribution in [0, 0.1) is 5.92 Å². The van der Waals surface area contributed by atoms with E-state index in [1.54, 1.807) is 7.11 Å². The van der Waals surface area contributed by atoms with Crippen LogP contribution in [0.3, 0.4) is 0 Å². The van der Waals surface area contributed by atoms with E-state index in [0.29, 0.717) is 6.04 Å². The van der Waals surface area contributed by atoms with Gasteiger partial charge >= 0.3 is 0 Å². The molecule has 0 heterocycles. The third kappa shape index (κ3) is 2.83. The zero-order chi connectivity index (χ0) is 11.4. The molecule has 0 aromatic heterocycles. The Labute approximate surface area is 98.0 Å². The number of ether oxygens (including phenoxy) is 1. The lowest BCUT2D eigenvalue weighted by Crippen LogP contribution is -2.34. The van der Waals surface area contributed by atoms with Gasteiger partial charge in [0.05, 0.1) is 6.61 Å². The first kappa shape index (κ1) is 11.6. The van der Waals surface area contributed by atoms with Gasteiger partial charge in [-0.1, -0.05) is 24.3 Å². The molecule has 2 rings (SSSR count). The fraction of sp³-hybridized carbons (Fsp3) is 0.571. The normalized spacial score (nSPS) is 17.4. The highest BCUT2D eigenvalue weighted by Crippen LogP contribution is 2.25. The Morgan fingerprint density at radius 3 is 2.50 bits per heavy atom. The summed E-state index contributed by atoms with van der Waals surface area (Å²) in [5.41, 5.74) is 3.07. The molecule has 1 aromatic carbocycles. The van der Waals surface area contributed by atoms with Gasteiger partial charge in [-0.25, -0.2) is 0 Å². The van der Waals surface area contributed by atoms with Crippen molar-refractivity contribution in [1.82, 2.24) is 5.32 Å². The molecule has 0 bridgehead atoms. The highest BCUT2D eigenvalue weighted by molar-refractivity contribution is 5.32. The first-order valence-corrected chi connectivity index (χ1v) is 6.08. The van der Waals surface area contributed by atoms with Crippen LogP contribution in [0.5, 0.6) is 0 Å². The molecule has 88 valence electrons. The summed E-state index contributed by atoms with van der Waals surface area (Å²) in [5.74, 6) is 0.761. The summed E-state index contributed by atoms with van der Waals surface area (Å²) in [6, 6.07) is 9.25. The number of methoxy groups -OCH3 is 1. The lowest BCUT2D eigenvalue weighted by atomic mass is 10.1. The Balaban J connectivity index is 1.79. The third-order valence-electron chi connectivity index (χ3n) is 3.31. The number of hydrogen-bond donors (Lipinski definition) is 1. The maximum Gasteiger partial charge on any atom is 0.0613 e. The Bertz CT molecular complexity index is 312. The topological polar surface area (TPSA) is 21.3 Å². The number of fused-ring (bicyclic) bond motifs is 1. The number of nitrogens with one attached hydrogen (secondary N) is 1. The molecule has 1 aliphatic rings. The first-order valence-electron chi connectivity index (χ1n) is 6.08. The third-order valence-corrected chi connectivity index (χ3v) is 3.31. The van der Waals surface area contributed by atoms with Gasteiger partial charge in [0.15, 0.2) is 0 Å². The lowest BCUT2D eigenvalue weighted by Gasteiger charge is -2.16. The van der Waals surface area contributed by atoms with E-state index in [-0.39, 0.29) is 0 Å². The Morgan fingerprint density at radius 2 is 1.94 bits per heavy atom. The van der Waals surface area contributed by atoms with Crippen LogP contribution in [0.1, 0.15) is 18.1 Å². The van der Waals surface area contributed by atoms with Crippen molar-refractivity contribution in [3.8, 4) is 0 Å². The number of hydrogen-bond acceptors (Lipinski definition) is 2. The van der Waals surface area contributed by atoms with Crippen molar-refractivity contribution in [1.29, 1.82) is 0 Å². The van der Waals surface area contributed by atoms with Crippen molar-refractivity contribution < 1.29 is 4.74 Å². The molecule has 1 aromatic rings. The maximum absolute atomic E-state index is 5.12. The summed E-state index contributed by atoms with van der Waals surface area (Å²) in [6.45, 7) is 4.06. The second kappa shape index (κ2) is 5.46. The Kier molecular flexibility index (Phi) is 3.97. The molecular formula is C14H21NO. The van der Waals surface area contributed by atoms with E-state index >= 15 is 0 Å². The minimum atomic E-state index is 0.453. The van der Waals surface area contributed by atoms with Crippen molar-refractivity contribution in [2.75, 3.05) is 20.3 Å². The predicted molar refractivity (Wildman–Crippen MR) is 66.7 cm³/mol. The Hall–Kier alpha value is -0.860. The van der Waals surface area contributed by atoms with Crippen LogP contribution in [0.15, 0.2) is 24.3 Å². The van der Waals surface area contributed by atoms with E-state index in [1.165, 1.54) is 24.0 Å². The molecule has 1 unspecified atom stereocenters. The lowest BCUT2D eigenvalue weighted by molar-refractivity contribution is 0.170. The molecule has 0 spiro atoms. The molecule has 1 aliphatic carbocycles. The second-order valence-electron chi connectivity index (χ2n) is 4.81. The van der Waals surface area contributed by atoms with Crippen molar-refractivity contribution >= 4 is 0 Å². The van der Waals surface area contributed by atoms with E-state index in [2.05, 4.69) is 36.5 Å². The van der Waals surface area contributed by atoms with Gasteiger partial charge in [0.25, 0.3) is 0 Å². The van der Waals surface area contributed by atoms with Gasteiger partial charge in [-0.05, 0) is 43.4 Å². The van der Waals surface area contributed by atoms with Gasteiger partial charge in [-0.3, -0.25) is 0 Å². The Morgan fingerprint density at radius 1 is 1.31 bits per heavy atom. The minimum absolute atomic E-state index is 0.453. The van der Waals surface area contributed by atoms with Gasteiger partial charge < -0.3 is 10.1 Å². The number of benzene rings is 1. The largest absolute Gasteiger partial charge is 0.383 e. The standard InChI is InChI=1S/C14H21NO/c1-11(10-16-2)15-9-12-7-13-5-3-4-6-14(13)8-12/h3-6,11-12,15H,7-10H2,1-2H3. The van der Waals surface area contributed by atoms with E-state index in [9.17, 15) is 0 Å². The van der Waals surface area contributed by atoms with Crippen LogP contribution in [-0.4, -0.2) is 26.3 Å². The van der Waals surface area contributed by atoms with Crippen LogP contribution in [-0.2, 0) is 17.6 Å². The minimum Gasteiger partial charge on any atom is -0.383 e. The number of rotatable bonds is 5. The van der Waals surface area contributed by atoms with E-state index in [1.807, 2.05) is 0 Å². The zero-order valence-corrected chi connectivity index (χ0v) is 10.2. The summed E-state index contributed by atoms with van der Waals surface area (Å²) in [5, 5.41) is 3.54. The van der Waals surface area contributed by atoms with Crippen molar-refractivity contribution in [3.05, 3.63) is 35.4 Å². The molecule has 0 saturated heterocycles. The zero-order valence-electron chi connectivity index (χ0n) is 10.2. The smallest absolute Gasteiger partial charge is 0.0613 e. The molecule has 1 N–H and O–H groups in total. The average molecular weight is 219 g/mol. The average Bonchev–Trinajstić information content (AvgIpc) is 2.69. The molecule has 0 saturated carbocycles. The van der Waals surface area contributed by atoms with E-state index < -0.39 is 0 Å². The predicted octanol–water partition coefficient (Wildman–Crippen LogP) is 2.03. The first-order chi connectivity index (χ1) is 7.79. The van der Waals surface area contributed by atoms with E-state index in [0.717, 1.165) is 19.1 Å². The monoisotopic (exact) mass is 219 g/mol. The molecule has 1 atom stereocenters. The van der Waals surface area contributed by atoms with Crippen LogP contribution in [0.2, 0.25) is 0 Å². The van der Waals surface area contributed by atoms with Gasteiger partial charge in [-0.15, -0.1) is 0 Å². The molecule has 2 heteroatoms. The van der Waals surface area contributed by atoms with Gasteiger partial charge in [0.2, 0.25) is 0 Å². The highest BCUT2D eigenvalue weighted by Gasteiger charge is 2.20.